The normalized spacial score (nSPS) is 13.8. The monoisotopic (exact) mass is 309 g/mol. The Morgan fingerprint density at radius 1 is 1.33 bits per heavy atom. The number of rotatable bonds is 2. The van der Waals surface area contributed by atoms with E-state index in [1.165, 1.54) is 6.07 Å². The molecule has 0 saturated carbocycles. The van der Waals surface area contributed by atoms with Gasteiger partial charge in [-0.1, -0.05) is 16.8 Å². The summed E-state index contributed by atoms with van der Waals surface area (Å²) in [6.07, 6.45) is 0.784. The molecule has 2 heterocycles. The van der Waals surface area contributed by atoms with Crippen LogP contribution in [0, 0.1) is 6.92 Å². The zero-order valence-corrected chi connectivity index (χ0v) is 11.9. The maximum absolute atomic E-state index is 10.9. The Hall–Kier alpha value is -2.21. The number of halogens is 1. The second kappa shape index (κ2) is 5.29. The molecule has 2 aromatic rings. The van der Waals surface area contributed by atoms with E-state index in [0.29, 0.717) is 35.3 Å². The summed E-state index contributed by atoms with van der Waals surface area (Å²) in [5.74, 6) is 0.301. The number of carboxylic acids is 1. The first kappa shape index (κ1) is 13.8. The van der Waals surface area contributed by atoms with E-state index in [4.69, 9.17) is 30.7 Å². The summed E-state index contributed by atoms with van der Waals surface area (Å²) >= 11 is 6.27. The number of hydrogen-bond acceptors (Lipinski definition) is 5. The first-order valence-corrected chi connectivity index (χ1v) is 6.75. The molecule has 110 valence electrons. The average Bonchev–Trinajstić information content (AvgIpc) is 2.79. The van der Waals surface area contributed by atoms with E-state index in [1.54, 1.807) is 6.07 Å². The van der Waals surface area contributed by atoms with Gasteiger partial charge in [0, 0.05) is 29.7 Å². The van der Waals surface area contributed by atoms with Gasteiger partial charge in [-0.2, -0.15) is 0 Å². The summed E-state index contributed by atoms with van der Waals surface area (Å²) in [6.45, 7) is 2.93. The van der Waals surface area contributed by atoms with Gasteiger partial charge in [-0.05, 0) is 6.92 Å². The molecule has 0 spiro atoms. The van der Waals surface area contributed by atoms with Crippen molar-refractivity contribution in [1.82, 2.24) is 5.16 Å². The zero-order chi connectivity index (χ0) is 15.0. The first-order valence-electron chi connectivity index (χ1n) is 6.37. The fourth-order valence-electron chi connectivity index (χ4n) is 2.23. The molecule has 0 fully saturated rings. The van der Waals surface area contributed by atoms with Crippen LogP contribution in [-0.4, -0.2) is 29.4 Å². The minimum atomic E-state index is -1.16. The summed E-state index contributed by atoms with van der Waals surface area (Å²) in [6, 6.07) is 2.98. The Labute approximate surface area is 125 Å². The van der Waals surface area contributed by atoms with E-state index in [2.05, 4.69) is 5.16 Å². The van der Waals surface area contributed by atoms with Gasteiger partial charge in [0.1, 0.15) is 0 Å². The predicted octanol–water partition coefficient (Wildman–Crippen LogP) is 3.16. The van der Waals surface area contributed by atoms with Crippen molar-refractivity contribution in [3.05, 3.63) is 28.4 Å². The Balaban J connectivity index is 2.13. The number of aromatic carboxylic acids is 1. The molecule has 1 aliphatic rings. The van der Waals surface area contributed by atoms with Crippen LogP contribution >= 0.6 is 11.6 Å². The summed E-state index contributed by atoms with van der Waals surface area (Å²) in [4.78, 5) is 10.9. The van der Waals surface area contributed by atoms with Gasteiger partial charge in [-0.25, -0.2) is 4.79 Å². The minimum Gasteiger partial charge on any atom is -0.489 e. The van der Waals surface area contributed by atoms with E-state index in [1.807, 2.05) is 6.92 Å². The van der Waals surface area contributed by atoms with Crippen LogP contribution in [0.2, 0.25) is 5.02 Å². The number of carboxylic acid groups (broad SMARTS) is 1. The predicted molar refractivity (Wildman–Crippen MR) is 74.3 cm³/mol. The third-order valence-electron chi connectivity index (χ3n) is 3.20. The van der Waals surface area contributed by atoms with Gasteiger partial charge in [-0.15, -0.1) is 0 Å². The number of ether oxygens (including phenoxy) is 2. The molecule has 0 saturated heterocycles. The largest absolute Gasteiger partial charge is 0.489 e. The molecule has 0 unspecified atom stereocenters. The molecule has 0 atom stereocenters. The lowest BCUT2D eigenvalue weighted by atomic mass is 10.0. The summed E-state index contributed by atoms with van der Waals surface area (Å²) in [5.41, 5.74) is 1.11. The molecular formula is C14H12ClNO5. The van der Waals surface area contributed by atoms with Gasteiger partial charge in [0.15, 0.2) is 23.0 Å². The van der Waals surface area contributed by atoms with Gasteiger partial charge in [0.05, 0.1) is 18.2 Å². The highest BCUT2D eigenvalue weighted by molar-refractivity contribution is 6.33. The third kappa shape index (κ3) is 2.42. The van der Waals surface area contributed by atoms with Crippen LogP contribution in [-0.2, 0) is 0 Å². The molecular weight excluding hydrogens is 298 g/mol. The molecule has 7 heteroatoms. The van der Waals surface area contributed by atoms with E-state index < -0.39 is 5.97 Å². The van der Waals surface area contributed by atoms with Gasteiger partial charge >= 0.3 is 5.97 Å². The van der Waals surface area contributed by atoms with Crippen molar-refractivity contribution in [2.24, 2.45) is 0 Å². The van der Waals surface area contributed by atoms with Crippen LogP contribution in [0.3, 0.4) is 0 Å². The smallest absolute Gasteiger partial charge is 0.358 e. The molecule has 0 amide bonds. The van der Waals surface area contributed by atoms with Crippen LogP contribution in [0.1, 0.15) is 22.5 Å². The van der Waals surface area contributed by atoms with Crippen molar-refractivity contribution >= 4 is 17.6 Å². The van der Waals surface area contributed by atoms with Gasteiger partial charge < -0.3 is 19.1 Å². The lowest BCUT2D eigenvalue weighted by Gasteiger charge is -2.14. The maximum Gasteiger partial charge on any atom is 0.358 e. The molecule has 6 nitrogen and oxygen atoms in total. The number of carbonyl (C=O) groups is 1. The zero-order valence-electron chi connectivity index (χ0n) is 11.2. The molecule has 1 aromatic carbocycles. The molecule has 3 rings (SSSR count). The topological polar surface area (TPSA) is 81.8 Å². The van der Waals surface area contributed by atoms with E-state index in [0.717, 1.165) is 12.0 Å². The highest BCUT2D eigenvalue weighted by atomic mass is 35.5. The highest BCUT2D eigenvalue weighted by Crippen LogP contribution is 2.43. The quantitative estimate of drug-likeness (QED) is 0.917. The fourth-order valence-corrected chi connectivity index (χ4v) is 2.56. The van der Waals surface area contributed by atoms with Crippen molar-refractivity contribution < 1.29 is 23.9 Å². The molecule has 1 N–H and O–H groups in total. The minimum absolute atomic E-state index is 0.174. The summed E-state index contributed by atoms with van der Waals surface area (Å²) < 4.78 is 16.4. The third-order valence-corrected chi connectivity index (χ3v) is 3.50. The lowest BCUT2D eigenvalue weighted by molar-refractivity contribution is 0.0686. The molecule has 0 radical (unpaired) electrons. The molecule has 1 aliphatic heterocycles. The number of nitrogens with zero attached hydrogens (tertiary/aromatic N) is 1. The second-order valence-electron chi connectivity index (χ2n) is 4.62. The van der Waals surface area contributed by atoms with Crippen LogP contribution < -0.4 is 9.47 Å². The van der Waals surface area contributed by atoms with Crippen molar-refractivity contribution in [3.8, 4) is 22.8 Å². The van der Waals surface area contributed by atoms with E-state index >= 15 is 0 Å². The van der Waals surface area contributed by atoms with Gasteiger partial charge in [-0.3, -0.25) is 0 Å². The van der Waals surface area contributed by atoms with Crippen molar-refractivity contribution in [1.29, 1.82) is 0 Å². The Kier molecular flexibility index (Phi) is 3.47. The number of fused-ring (bicyclic) bond motifs is 1. The number of aromatic nitrogens is 1. The second-order valence-corrected chi connectivity index (χ2v) is 5.02. The Bertz CT molecular complexity index is 710. The van der Waals surface area contributed by atoms with Gasteiger partial charge in [0.2, 0.25) is 0 Å². The molecule has 0 bridgehead atoms. The SMILES string of the molecule is Cc1c2c(cc(Cl)c1-c1cc(C(=O)O)no1)OCCCO2. The highest BCUT2D eigenvalue weighted by Gasteiger charge is 2.23. The van der Waals surface area contributed by atoms with Crippen LogP contribution in [0.5, 0.6) is 11.5 Å². The van der Waals surface area contributed by atoms with Gasteiger partial charge in [0.25, 0.3) is 0 Å². The summed E-state index contributed by atoms with van der Waals surface area (Å²) in [7, 11) is 0. The average molecular weight is 310 g/mol. The Morgan fingerprint density at radius 2 is 2.10 bits per heavy atom. The molecule has 21 heavy (non-hydrogen) atoms. The van der Waals surface area contributed by atoms with E-state index in [-0.39, 0.29) is 11.5 Å². The van der Waals surface area contributed by atoms with Crippen LogP contribution in [0.25, 0.3) is 11.3 Å². The number of benzene rings is 1. The van der Waals surface area contributed by atoms with Crippen molar-refractivity contribution in [3.63, 3.8) is 0 Å². The number of hydrogen-bond donors (Lipinski definition) is 1. The van der Waals surface area contributed by atoms with Crippen LogP contribution in [0.4, 0.5) is 0 Å². The lowest BCUT2D eigenvalue weighted by Crippen LogP contribution is -1.98. The first-order chi connectivity index (χ1) is 10.1. The van der Waals surface area contributed by atoms with E-state index in [9.17, 15) is 4.79 Å². The summed E-state index contributed by atoms with van der Waals surface area (Å²) in [5, 5.41) is 12.8. The molecule has 0 aliphatic carbocycles. The fraction of sp³-hybridized carbons (Fsp3) is 0.286. The maximum atomic E-state index is 10.9. The molecule has 1 aromatic heterocycles. The van der Waals surface area contributed by atoms with Crippen LogP contribution in [0.15, 0.2) is 16.7 Å². The van der Waals surface area contributed by atoms with Crippen molar-refractivity contribution in [2.75, 3.05) is 13.2 Å². The standard InChI is InChI=1S/C14H12ClNO5/c1-7-12(10-6-9(14(17)18)16-21-10)8(15)5-11-13(7)20-4-2-3-19-11/h5-6H,2-4H2,1H3,(H,17,18). The Morgan fingerprint density at radius 3 is 2.81 bits per heavy atom. The van der Waals surface area contributed by atoms with Crippen molar-refractivity contribution in [2.45, 2.75) is 13.3 Å².